The Hall–Kier alpha value is -2.77. The summed E-state index contributed by atoms with van der Waals surface area (Å²) in [4.78, 5) is 24.6. The van der Waals surface area contributed by atoms with E-state index in [0.29, 0.717) is 28.6 Å². The summed E-state index contributed by atoms with van der Waals surface area (Å²) >= 11 is 1.13. The molecule has 0 saturated heterocycles. The van der Waals surface area contributed by atoms with E-state index >= 15 is 0 Å². The van der Waals surface area contributed by atoms with Crippen molar-refractivity contribution in [1.29, 1.82) is 0 Å². The highest BCUT2D eigenvalue weighted by Crippen LogP contribution is 2.34. The van der Waals surface area contributed by atoms with E-state index in [9.17, 15) is 14.0 Å². The molecule has 0 spiro atoms. The lowest BCUT2D eigenvalue weighted by Gasteiger charge is -2.07. The molecule has 0 aliphatic heterocycles. The minimum absolute atomic E-state index is 0.0780. The molecule has 7 heteroatoms. The van der Waals surface area contributed by atoms with Gasteiger partial charge in [0.2, 0.25) is 0 Å². The summed E-state index contributed by atoms with van der Waals surface area (Å²) in [7, 11) is 1.47. The third-order valence-corrected chi connectivity index (χ3v) is 5.33. The Morgan fingerprint density at radius 1 is 1.11 bits per heavy atom. The number of hydrogen-bond donors (Lipinski definition) is 1. The average Bonchev–Trinajstić information content (AvgIpc) is 3.07. The molecule has 0 aliphatic carbocycles. The van der Waals surface area contributed by atoms with Crippen LogP contribution in [0.4, 0.5) is 4.39 Å². The molecule has 0 saturated carbocycles. The van der Waals surface area contributed by atoms with Crippen molar-refractivity contribution in [3.05, 3.63) is 70.4 Å². The molecule has 0 atom stereocenters. The Balaban J connectivity index is 1.59. The lowest BCUT2D eigenvalue weighted by Crippen LogP contribution is -2.30. The van der Waals surface area contributed by atoms with Crippen molar-refractivity contribution < 1.29 is 23.5 Å². The zero-order valence-corrected chi connectivity index (χ0v) is 16.2. The maximum absolute atomic E-state index is 14.2. The SMILES string of the molecule is COCc1c(C(=O)OCC(=O)NCCc2ccccc2)sc2cccc(F)c12. The van der Waals surface area contributed by atoms with Crippen LogP contribution in [0.1, 0.15) is 20.8 Å². The van der Waals surface area contributed by atoms with Gasteiger partial charge in [0.15, 0.2) is 6.61 Å². The van der Waals surface area contributed by atoms with Crippen LogP contribution in [0, 0.1) is 5.82 Å². The topological polar surface area (TPSA) is 64.6 Å². The van der Waals surface area contributed by atoms with Crippen molar-refractivity contribution in [2.24, 2.45) is 0 Å². The molecule has 3 aromatic rings. The molecule has 3 rings (SSSR count). The summed E-state index contributed by atoms with van der Waals surface area (Å²) in [5, 5.41) is 3.07. The van der Waals surface area contributed by atoms with Gasteiger partial charge in [-0.25, -0.2) is 9.18 Å². The van der Waals surface area contributed by atoms with Crippen LogP contribution in [-0.2, 0) is 27.3 Å². The van der Waals surface area contributed by atoms with Crippen LogP contribution in [0.15, 0.2) is 48.5 Å². The summed E-state index contributed by atoms with van der Waals surface area (Å²) in [6, 6.07) is 14.4. The fourth-order valence-electron chi connectivity index (χ4n) is 2.85. The highest BCUT2D eigenvalue weighted by molar-refractivity contribution is 7.21. The van der Waals surface area contributed by atoms with Gasteiger partial charge in [0.05, 0.1) is 6.61 Å². The summed E-state index contributed by atoms with van der Waals surface area (Å²) in [6.45, 7) is 0.134. The molecule has 1 heterocycles. The molecule has 1 aromatic heterocycles. The number of hydrogen-bond acceptors (Lipinski definition) is 5. The minimum atomic E-state index is -0.661. The van der Waals surface area contributed by atoms with Crippen LogP contribution in [0.25, 0.3) is 10.1 Å². The number of fused-ring (bicyclic) bond motifs is 1. The molecule has 0 fully saturated rings. The number of esters is 1. The van der Waals surface area contributed by atoms with Gasteiger partial charge in [-0.05, 0) is 24.1 Å². The first-order chi connectivity index (χ1) is 13.6. The number of carbonyl (C=O) groups is 2. The predicted octanol–water partition coefficient (Wildman–Crippen LogP) is 3.70. The quantitative estimate of drug-likeness (QED) is 0.585. The highest BCUT2D eigenvalue weighted by atomic mass is 32.1. The molecule has 0 bridgehead atoms. The number of rotatable bonds is 8. The molecular weight excluding hydrogens is 381 g/mol. The Morgan fingerprint density at radius 2 is 1.89 bits per heavy atom. The number of amides is 1. The number of benzene rings is 2. The molecule has 5 nitrogen and oxygen atoms in total. The first-order valence-electron chi connectivity index (χ1n) is 8.76. The van der Waals surface area contributed by atoms with Crippen molar-refractivity contribution in [3.8, 4) is 0 Å². The van der Waals surface area contributed by atoms with Crippen molar-refractivity contribution in [3.63, 3.8) is 0 Å². The van der Waals surface area contributed by atoms with Crippen LogP contribution < -0.4 is 5.32 Å². The Bertz CT molecular complexity index is 971. The highest BCUT2D eigenvalue weighted by Gasteiger charge is 2.22. The average molecular weight is 401 g/mol. The molecule has 0 aliphatic rings. The van der Waals surface area contributed by atoms with Crippen molar-refractivity contribution >= 4 is 33.3 Å². The van der Waals surface area contributed by atoms with E-state index in [1.807, 2.05) is 30.3 Å². The van der Waals surface area contributed by atoms with E-state index in [2.05, 4.69) is 5.32 Å². The van der Waals surface area contributed by atoms with Gasteiger partial charge in [-0.2, -0.15) is 0 Å². The van der Waals surface area contributed by atoms with Crippen molar-refractivity contribution in [2.45, 2.75) is 13.0 Å². The normalized spacial score (nSPS) is 10.8. The van der Waals surface area contributed by atoms with Crippen LogP contribution in [0.5, 0.6) is 0 Å². The number of carbonyl (C=O) groups excluding carboxylic acids is 2. The van der Waals surface area contributed by atoms with Crippen molar-refractivity contribution in [1.82, 2.24) is 5.32 Å². The largest absolute Gasteiger partial charge is 0.451 e. The van der Waals surface area contributed by atoms with Gasteiger partial charge in [0, 0.05) is 29.3 Å². The van der Waals surface area contributed by atoms with E-state index in [-0.39, 0.29) is 17.4 Å². The van der Waals surface area contributed by atoms with Crippen LogP contribution in [0.2, 0.25) is 0 Å². The van der Waals surface area contributed by atoms with Gasteiger partial charge in [-0.1, -0.05) is 36.4 Å². The van der Waals surface area contributed by atoms with E-state index in [1.165, 1.54) is 13.2 Å². The number of thiophene rings is 1. The second-order valence-electron chi connectivity index (χ2n) is 6.12. The molecule has 0 unspecified atom stereocenters. The van der Waals surface area contributed by atoms with Gasteiger partial charge < -0.3 is 14.8 Å². The Morgan fingerprint density at radius 3 is 2.64 bits per heavy atom. The monoisotopic (exact) mass is 401 g/mol. The van der Waals surface area contributed by atoms with Gasteiger partial charge in [-0.15, -0.1) is 11.3 Å². The Kier molecular flexibility index (Phi) is 6.73. The molecule has 1 N–H and O–H groups in total. The maximum Gasteiger partial charge on any atom is 0.349 e. The lowest BCUT2D eigenvalue weighted by atomic mass is 10.1. The first-order valence-corrected chi connectivity index (χ1v) is 9.58. The van der Waals surface area contributed by atoms with E-state index < -0.39 is 18.4 Å². The molecular formula is C21H20FNO4S. The number of halogens is 1. The fourth-order valence-corrected chi connectivity index (χ4v) is 3.97. The third-order valence-electron chi connectivity index (χ3n) is 4.15. The van der Waals surface area contributed by atoms with E-state index in [1.54, 1.807) is 12.1 Å². The second-order valence-corrected chi connectivity index (χ2v) is 7.17. The summed E-state index contributed by atoms with van der Waals surface area (Å²) in [5.41, 5.74) is 1.55. The minimum Gasteiger partial charge on any atom is -0.451 e. The first kappa shape index (κ1) is 20.0. The lowest BCUT2D eigenvalue weighted by molar-refractivity contribution is -0.124. The third kappa shape index (κ3) is 4.74. The van der Waals surface area contributed by atoms with E-state index in [4.69, 9.17) is 9.47 Å². The zero-order valence-electron chi connectivity index (χ0n) is 15.4. The van der Waals surface area contributed by atoms with Crippen LogP contribution >= 0.6 is 11.3 Å². The summed E-state index contributed by atoms with van der Waals surface area (Å²) in [5.74, 6) is -1.46. The standard InChI is InChI=1S/C21H20FNO4S/c1-26-12-15-19-16(22)8-5-9-17(19)28-20(15)21(25)27-13-18(24)23-11-10-14-6-3-2-4-7-14/h2-9H,10-13H2,1H3,(H,23,24). The summed E-state index contributed by atoms with van der Waals surface area (Å²) < 4.78 is 25.1. The zero-order chi connectivity index (χ0) is 19.9. The number of ether oxygens (including phenoxy) is 2. The fraction of sp³-hybridized carbons (Fsp3) is 0.238. The molecule has 0 radical (unpaired) electrons. The van der Waals surface area contributed by atoms with Gasteiger partial charge in [-0.3, -0.25) is 4.79 Å². The van der Waals surface area contributed by atoms with Crippen LogP contribution in [0.3, 0.4) is 0 Å². The van der Waals surface area contributed by atoms with Gasteiger partial charge in [0.1, 0.15) is 10.7 Å². The second kappa shape index (κ2) is 9.43. The van der Waals surface area contributed by atoms with Crippen molar-refractivity contribution in [2.75, 3.05) is 20.3 Å². The summed E-state index contributed by atoms with van der Waals surface area (Å²) in [6.07, 6.45) is 0.689. The van der Waals surface area contributed by atoms with Gasteiger partial charge in [0.25, 0.3) is 5.91 Å². The number of nitrogens with one attached hydrogen (secondary N) is 1. The molecule has 146 valence electrons. The van der Waals surface area contributed by atoms with Gasteiger partial charge >= 0.3 is 5.97 Å². The molecule has 28 heavy (non-hydrogen) atoms. The maximum atomic E-state index is 14.2. The molecule has 2 aromatic carbocycles. The number of methoxy groups -OCH3 is 1. The van der Waals surface area contributed by atoms with Crippen LogP contribution in [-0.4, -0.2) is 32.1 Å². The molecule has 1 amide bonds. The van der Waals surface area contributed by atoms with E-state index in [0.717, 1.165) is 16.9 Å². The Labute approximate surface area is 166 Å². The predicted molar refractivity (Wildman–Crippen MR) is 106 cm³/mol. The smallest absolute Gasteiger partial charge is 0.349 e.